The highest BCUT2D eigenvalue weighted by Gasteiger charge is 2.10. The molecule has 1 aromatic carbocycles. The van der Waals surface area contributed by atoms with E-state index >= 15 is 0 Å². The van der Waals surface area contributed by atoms with Crippen LogP contribution in [0.1, 0.15) is 33.6 Å². The van der Waals surface area contributed by atoms with Gasteiger partial charge in [0.05, 0.1) is 0 Å². The van der Waals surface area contributed by atoms with Gasteiger partial charge in [-0.3, -0.25) is 0 Å². The molecule has 1 unspecified atom stereocenters. The molecule has 0 saturated carbocycles. The highest BCUT2D eigenvalue weighted by Crippen LogP contribution is 2.22. The summed E-state index contributed by atoms with van der Waals surface area (Å²) in [4.78, 5) is 12.6. The zero-order valence-electron chi connectivity index (χ0n) is 11.2. The third-order valence-electron chi connectivity index (χ3n) is 3.19. The first-order valence-corrected chi connectivity index (χ1v) is 6.21. The molecule has 0 aliphatic carbocycles. The summed E-state index contributed by atoms with van der Waals surface area (Å²) in [7, 11) is 2.09. The topological polar surface area (TPSA) is 32.7 Å². The molecule has 0 heterocycles. The Balaban J connectivity index is 2.60. The third kappa shape index (κ3) is 4.17. The Morgan fingerprint density at radius 3 is 2.18 bits per heavy atom. The summed E-state index contributed by atoms with van der Waals surface area (Å²) in [6, 6.07) is 7.92. The summed E-state index contributed by atoms with van der Waals surface area (Å²) in [6.07, 6.45) is 2.42. The molecule has 94 valence electrons. The maximum Gasteiger partial charge on any atom is 0.108 e. The van der Waals surface area contributed by atoms with Crippen molar-refractivity contribution in [1.82, 2.24) is 0 Å². The predicted molar refractivity (Wildman–Crippen MR) is 73.8 cm³/mol. The molecule has 0 aliphatic rings. The molecule has 0 bridgehead atoms. The number of hydrogen-bond donors (Lipinski definition) is 0. The lowest BCUT2D eigenvalue weighted by Crippen LogP contribution is -2.28. The van der Waals surface area contributed by atoms with Crippen molar-refractivity contribution < 1.29 is 0 Å². The van der Waals surface area contributed by atoms with Crippen molar-refractivity contribution in [2.45, 2.75) is 39.7 Å². The van der Waals surface area contributed by atoms with Crippen LogP contribution in [-0.2, 0) is 0 Å². The molecule has 0 N–H and O–H groups in total. The molecule has 0 aromatic heterocycles. The van der Waals surface area contributed by atoms with Crippen molar-refractivity contribution in [3.63, 3.8) is 0 Å². The molecule has 0 fully saturated rings. The Morgan fingerprint density at radius 1 is 1.12 bits per heavy atom. The molecule has 1 aromatic rings. The molecule has 0 radical (unpaired) electrons. The third-order valence-corrected chi connectivity index (χ3v) is 3.19. The predicted octanol–water partition coefficient (Wildman–Crippen LogP) is 4.35. The van der Waals surface area contributed by atoms with Gasteiger partial charge in [0.1, 0.15) is 5.69 Å². The summed E-state index contributed by atoms with van der Waals surface area (Å²) >= 11 is 0. The van der Waals surface area contributed by atoms with Crippen LogP contribution in [0, 0.1) is 10.8 Å². The van der Waals surface area contributed by atoms with Gasteiger partial charge in [-0.05, 0) is 55.1 Å². The Kier molecular flexibility index (Phi) is 5.13. The molecule has 0 amide bonds. The minimum atomic E-state index is 0.483. The number of anilines is 1. The summed E-state index contributed by atoms with van der Waals surface area (Å²) < 4.78 is 0. The van der Waals surface area contributed by atoms with Crippen LogP contribution in [0.2, 0.25) is 0 Å². The van der Waals surface area contributed by atoms with Crippen LogP contribution in [0.15, 0.2) is 29.4 Å². The lowest BCUT2D eigenvalue weighted by atomic mass is 10.0. The van der Waals surface area contributed by atoms with Crippen LogP contribution >= 0.6 is 0 Å². The van der Waals surface area contributed by atoms with Crippen LogP contribution in [0.3, 0.4) is 0 Å². The highest BCUT2D eigenvalue weighted by molar-refractivity contribution is 5.52. The SMILES string of the molecule is CC(C)CCC(C)N(C)c1ccc(N=O)cc1. The van der Waals surface area contributed by atoms with Gasteiger partial charge in [0.15, 0.2) is 0 Å². The molecule has 0 spiro atoms. The Labute approximate surface area is 104 Å². The van der Waals surface area contributed by atoms with Crippen LogP contribution < -0.4 is 4.90 Å². The second-order valence-electron chi connectivity index (χ2n) is 5.04. The molecule has 3 heteroatoms. The van der Waals surface area contributed by atoms with E-state index in [1.165, 1.54) is 12.8 Å². The fraction of sp³-hybridized carbons (Fsp3) is 0.571. The molecule has 0 aliphatic heterocycles. The first-order valence-electron chi connectivity index (χ1n) is 6.21. The lowest BCUT2D eigenvalue weighted by molar-refractivity contribution is 0.503. The van der Waals surface area contributed by atoms with E-state index < -0.39 is 0 Å². The lowest BCUT2D eigenvalue weighted by Gasteiger charge is -2.27. The zero-order chi connectivity index (χ0) is 12.8. The molecule has 17 heavy (non-hydrogen) atoms. The van der Waals surface area contributed by atoms with E-state index in [-0.39, 0.29) is 0 Å². The van der Waals surface area contributed by atoms with E-state index in [4.69, 9.17) is 0 Å². The molecule has 1 atom stereocenters. The van der Waals surface area contributed by atoms with Crippen LogP contribution in [-0.4, -0.2) is 13.1 Å². The second-order valence-corrected chi connectivity index (χ2v) is 5.04. The van der Waals surface area contributed by atoms with E-state index in [1.807, 2.05) is 12.1 Å². The summed E-state index contributed by atoms with van der Waals surface area (Å²) in [5.41, 5.74) is 1.62. The number of nitroso groups, excluding NO2 is 1. The van der Waals surface area contributed by atoms with Crippen molar-refractivity contribution in [3.8, 4) is 0 Å². The fourth-order valence-corrected chi connectivity index (χ4v) is 1.77. The van der Waals surface area contributed by atoms with Crippen molar-refractivity contribution in [2.75, 3.05) is 11.9 Å². The van der Waals surface area contributed by atoms with Gasteiger partial charge >= 0.3 is 0 Å². The number of hydrogen-bond acceptors (Lipinski definition) is 3. The van der Waals surface area contributed by atoms with E-state index in [2.05, 4.69) is 37.9 Å². The maximum absolute atomic E-state index is 10.3. The van der Waals surface area contributed by atoms with Crippen LogP contribution in [0.4, 0.5) is 11.4 Å². The van der Waals surface area contributed by atoms with Gasteiger partial charge in [-0.15, -0.1) is 4.91 Å². The standard InChI is InChI=1S/C14H22N2O/c1-11(2)5-6-12(3)16(4)14-9-7-13(15-17)8-10-14/h7-12H,5-6H2,1-4H3. The Bertz CT molecular complexity index is 346. The molecule has 0 saturated heterocycles. The maximum atomic E-state index is 10.3. The van der Waals surface area contributed by atoms with Crippen molar-refractivity contribution >= 4 is 11.4 Å². The first kappa shape index (κ1) is 13.7. The summed E-state index contributed by atoms with van der Waals surface area (Å²) in [5.74, 6) is 0.743. The van der Waals surface area contributed by atoms with E-state index in [1.54, 1.807) is 12.1 Å². The van der Waals surface area contributed by atoms with Gasteiger partial charge < -0.3 is 4.90 Å². The minimum Gasteiger partial charge on any atom is -0.372 e. The van der Waals surface area contributed by atoms with Crippen molar-refractivity contribution in [3.05, 3.63) is 29.2 Å². The van der Waals surface area contributed by atoms with Gasteiger partial charge in [0.25, 0.3) is 0 Å². The molecular formula is C14H22N2O. The summed E-state index contributed by atoms with van der Waals surface area (Å²) in [6.45, 7) is 6.72. The monoisotopic (exact) mass is 234 g/mol. The minimum absolute atomic E-state index is 0.483. The van der Waals surface area contributed by atoms with Gasteiger partial charge in [-0.25, -0.2) is 0 Å². The normalized spacial score (nSPS) is 12.5. The first-order chi connectivity index (χ1) is 8.04. The number of benzene rings is 1. The van der Waals surface area contributed by atoms with E-state index in [0.29, 0.717) is 11.7 Å². The second kappa shape index (κ2) is 6.38. The average molecular weight is 234 g/mol. The van der Waals surface area contributed by atoms with Crippen LogP contribution in [0.5, 0.6) is 0 Å². The van der Waals surface area contributed by atoms with Crippen LogP contribution in [0.25, 0.3) is 0 Å². The molecule has 3 nitrogen and oxygen atoms in total. The van der Waals surface area contributed by atoms with E-state index in [0.717, 1.165) is 11.6 Å². The highest BCUT2D eigenvalue weighted by atomic mass is 16.3. The fourth-order valence-electron chi connectivity index (χ4n) is 1.77. The van der Waals surface area contributed by atoms with Gasteiger partial charge in [-0.1, -0.05) is 13.8 Å². The largest absolute Gasteiger partial charge is 0.372 e. The van der Waals surface area contributed by atoms with Crippen molar-refractivity contribution in [1.29, 1.82) is 0 Å². The van der Waals surface area contributed by atoms with Gasteiger partial charge in [0, 0.05) is 18.8 Å². The molecular weight excluding hydrogens is 212 g/mol. The molecule has 1 rings (SSSR count). The van der Waals surface area contributed by atoms with Gasteiger partial charge in [-0.2, -0.15) is 0 Å². The quantitative estimate of drug-likeness (QED) is 0.686. The van der Waals surface area contributed by atoms with Crippen molar-refractivity contribution in [2.24, 2.45) is 11.1 Å². The smallest absolute Gasteiger partial charge is 0.108 e. The zero-order valence-corrected chi connectivity index (χ0v) is 11.2. The Morgan fingerprint density at radius 2 is 1.71 bits per heavy atom. The summed E-state index contributed by atoms with van der Waals surface area (Å²) in [5, 5.41) is 2.91. The Hall–Kier alpha value is -1.38. The van der Waals surface area contributed by atoms with E-state index in [9.17, 15) is 4.91 Å². The number of rotatable bonds is 6. The number of nitrogens with zero attached hydrogens (tertiary/aromatic N) is 2. The van der Waals surface area contributed by atoms with Gasteiger partial charge in [0.2, 0.25) is 0 Å². The average Bonchev–Trinajstić information content (AvgIpc) is 2.35.